The minimum atomic E-state index is -3.07. The SMILES string of the molecule is CS(=O)(=O)[C@H]1CCCC(NC(=O)NC2CCC(Nc3nccc(Nc4cc(C5CCCC5)[nH]n4)n3)CC2)C1.O=C(NC1CCC(Nc2nccc(Nc3cc(C4CCCC4)[nH]n3)n2)CC1)NC1CCCS(=O)(=O)C1.O=C(NC1CCC(Nc2nccc(Nc3cc(C4CCCC4)[nH]n3)n2)CC1)NC1CCC[C@H](N2CCCC2=O)C1.O=C(NC1CCC(Nc2nccc(Nc3cc(C4CCCC4)[nH]n3)n2)CC1)NC1CCS(=O)(=O)CC1. The Morgan fingerprint density at radius 1 is 0.313 bits per heavy atom. The average Bonchev–Trinajstić information content (AvgIpc) is 1.75. The van der Waals surface area contributed by atoms with Crippen LogP contribution in [0.4, 0.5) is 89.5 Å². The minimum absolute atomic E-state index is 0.0346. The molecule has 0 bridgehead atoms. The summed E-state index contributed by atoms with van der Waals surface area (Å²) >= 11 is 0. The highest BCUT2D eigenvalue weighted by Crippen LogP contribution is 2.40. The molecule has 13 fully saturated rings. The van der Waals surface area contributed by atoms with Crippen LogP contribution in [0.15, 0.2) is 73.3 Å². The molecule has 5 atom stereocenters. The van der Waals surface area contributed by atoms with Crippen LogP contribution in [-0.4, -0.2) is 260 Å². The van der Waals surface area contributed by atoms with E-state index in [-0.39, 0.29) is 137 Å². The summed E-state index contributed by atoms with van der Waals surface area (Å²) in [5, 5.41) is 81.1. The summed E-state index contributed by atoms with van der Waals surface area (Å²) in [4.78, 5) is 100. The molecule has 20 N–H and O–H groups in total. The summed E-state index contributed by atoms with van der Waals surface area (Å²) in [5.41, 5.74) is 4.76. The standard InChI is InChI=1S/C29H43N9O2.C26H40N8O3S.2C24H36N8O3S/c39-27-9-4-16-38(27)23-8-3-7-22(17-23)33-29(40)32-21-12-10-20(11-13-21)31-28-30-15-14-25(35-28)34-26-18-24(36-37-26)19-5-1-2-6-19;1-38(36,37)21-8-4-7-20(15-21)30-26(35)29-19-11-9-18(10-12-19)28-25-27-14-13-23(32-25)31-24-16-22(33-34-24)17-5-2-3-6-17;33-24(28-19-6-3-13-36(34,35)15-19)27-18-9-7-17(8-10-18)26-23-25-12-11-21(30-23)29-22-14-20(31-32-22)16-4-1-2-5-16;33-24(28-19-10-13-36(34,35)14-11-19)27-18-7-5-17(6-8-18)26-23-25-12-9-21(30-23)29-22-15-20(31-32-22)16-3-1-2-4-16/h14-15,18-23H,1-13,16-17H2,(H2,32,33,40)(H3,30,31,34,35,36,37);13-14,16-21H,2-12,15H2,1H3,(H2,29,30,35)(H3,27,28,31,32,33,34);11-12,14,16-19H,1-10,13,15H2,(H2,27,28,33)(H3,25,26,29,30,31,32);9,12,15-19H,1-8,10-11,13-14H2,(H2,27,28,33)(H3,25,26,29,30,31,32)/t20?,21?,22?,23-;18?,19?,20?,21-;;/m00../s1. The van der Waals surface area contributed by atoms with E-state index in [1.165, 1.54) is 132 Å². The molecule has 0 spiro atoms. The number of rotatable bonds is 30. The van der Waals surface area contributed by atoms with Gasteiger partial charge in [-0.05, 0) is 255 Å². The first kappa shape index (κ1) is 108. The average molecular weight is 2130 g/mol. The van der Waals surface area contributed by atoms with Crippen molar-refractivity contribution < 1.29 is 49.2 Å². The summed E-state index contributed by atoms with van der Waals surface area (Å²) in [5.74, 6) is 11.4. The molecule has 47 heteroatoms. The molecule has 3 aliphatic heterocycles. The lowest BCUT2D eigenvalue weighted by Crippen LogP contribution is -2.51. The Labute approximate surface area is 879 Å². The fourth-order valence-electron chi connectivity index (χ4n) is 24.3. The molecule has 21 rings (SSSR count). The number of aromatic amines is 4. The van der Waals surface area contributed by atoms with Crippen LogP contribution < -0.4 is 85.1 Å². The number of nitrogens with zero attached hydrogens (tertiary/aromatic N) is 13. The number of urea groups is 4. The van der Waals surface area contributed by atoms with E-state index in [0.717, 1.165) is 177 Å². The van der Waals surface area contributed by atoms with E-state index in [1.807, 2.05) is 29.2 Å². The highest BCUT2D eigenvalue weighted by Gasteiger charge is 2.38. The van der Waals surface area contributed by atoms with Gasteiger partial charge in [-0.25, -0.2) is 64.4 Å². The van der Waals surface area contributed by atoms with Crippen molar-refractivity contribution in [3.8, 4) is 0 Å². The lowest BCUT2D eigenvalue weighted by Gasteiger charge is -2.36. The zero-order valence-corrected chi connectivity index (χ0v) is 88.9. The molecule has 11 heterocycles. The minimum Gasteiger partial charge on any atom is -0.351 e. The molecule has 150 heavy (non-hydrogen) atoms. The number of carbonyl (C=O) groups is 5. The number of H-pyrrole nitrogens is 4. The van der Waals surface area contributed by atoms with Gasteiger partial charge in [-0.1, -0.05) is 57.8 Å². The smallest absolute Gasteiger partial charge is 0.315 e. The van der Waals surface area contributed by atoms with Crippen LogP contribution in [0.3, 0.4) is 0 Å². The molecule has 44 nitrogen and oxygen atoms in total. The molecule has 9 amide bonds. The van der Waals surface area contributed by atoms with Gasteiger partial charge in [-0.15, -0.1) is 0 Å². The number of likely N-dealkylation sites (tertiary alicyclic amines) is 1. The van der Waals surface area contributed by atoms with Crippen molar-refractivity contribution in [3.63, 3.8) is 0 Å². The Kier molecular flexibility index (Phi) is 37.3. The van der Waals surface area contributed by atoms with Crippen LogP contribution in [0.1, 0.15) is 342 Å². The molecule has 8 aromatic rings. The first-order chi connectivity index (χ1) is 72.7. The maximum atomic E-state index is 12.8. The highest BCUT2D eigenvalue weighted by molar-refractivity contribution is 7.91. The maximum absolute atomic E-state index is 12.8. The van der Waals surface area contributed by atoms with Gasteiger partial charge in [0.1, 0.15) is 42.9 Å². The Hall–Kier alpha value is -12.0. The molecule has 0 radical (unpaired) electrons. The number of hydrogen-bond donors (Lipinski definition) is 20. The Bertz CT molecular complexity index is 6060. The van der Waals surface area contributed by atoms with E-state index in [9.17, 15) is 49.2 Å². The normalized spacial score (nSPS) is 26.3. The van der Waals surface area contributed by atoms with Crippen molar-refractivity contribution in [2.45, 2.75) is 403 Å². The predicted molar refractivity (Wildman–Crippen MR) is 577 cm³/mol. The van der Waals surface area contributed by atoms with E-state index >= 15 is 0 Å². The van der Waals surface area contributed by atoms with Gasteiger partial charge in [0.2, 0.25) is 29.7 Å². The summed E-state index contributed by atoms with van der Waals surface area (Å²) in [6, 6.07) is 16.3. The van der Waals surface area contributed by atoms with E-state index in [1.54, 1.807) is 24.8 Å². The number of carbonyl (C=O) groups excluding carboxylic acids is 5. The van der Waals surface area contributed by atoms with Crippen molar-refractivity contribution in [2.75, 3.05) is 78.3 Å². The number of anilines is 12. The van der Waals surface area contributed by atoms with Gasteiger partial charge in [0.05, 0.1) is 28.3 Å². The molecule has 8 aromatic heterocycles. The molecular formula is C103H155N33O11S3. The third kappa shape index (κ3) is 32.5. The molecule has 10 aliphatic carbocycles. The first-order valence-corrected chi connectivity index (χ1v) is 61.2. The van der Waals surface area contributed by atoms with Crippen molar-refractivity contribution in [2.24, 2.45) is 0 Å². The number of nitrogens with one attached hydrogen (secondary N) is 20. The van der Waals surface area contributed by atoms with Gasteiger partial charge in [0.25, 0.3) is 0 Å². The number of hydrogen-bond acceptors (Lipinski definition) is 31. The molecule has 13 aliphatic rings. The van der Waals surface area contributed by atoms with Crippen molar-refractivity contribution in [3.05, 3.63) is 96.1 Å². The number of amides is 9. The monoisotopic (exact) mass is 2130 g/mol. The summed E-state index contributed by atoms with van der Waals surface area (Å²) in [6.45, 7) is 0.872. The molecule has 10 saturated carbocycles. The van der Waals surface area contributed by atoms with E-state index in [0.29, 0.717) is 116 Å². The van der Waals surface area contributed by atoms with Gasteiger partial charge >= 0.3 is 24.1 Å². The summed E-state index contributed by atoms with van der Waals surface area (Å²) < 4.78 is 70.5. The van der Waals surface area contributed by atoms with Crippen molar-refractivity contribution in [1.29, 1.82) is 0 Å². The van der Waals surface area contributed by atoms with Crippen LogP contribution in [0, 0.1) is 0 Å². The number of sulfone groups is 3. The molecule has 0 aromatic carbocycles. The Morgan fingerprint density at radius 3 is 0.920 bits per heavy atom. The second-order valence-corrected chi connectivity index (χ2v) is 50.8. The van der Waals surface area contributed by atoms with Crippen LogP contribution >= 0.6 is 0 Å². The van der Waals surface area contributed by atoms with Crippen LogP contribution in [-0.2, 0) is 34.3 Å². The molecular weight excluding hydrogens is 1970 g/mol. The molecule has 816 valence electrons. The fourth-order valence-corrected chi connectivity index (χ4v) is 28.6. The summed E-state index contributed by atoms with van der Waals surface area (Å²) in [6.07, 6.45) is 53.2. The molecule has 3 unspecified atom stereocenters. The van der Waals surface area contributed by atoms with Gasteiger partial charge in [-0.3, -0.25) is 25.2 Å². The Balaban J connectivity index is 0.000000131. The second-order valence-electron chi connectivity index (χ2n) is 44.0. The second kappa shape index (κ2) is 51.9. The van der Waals surface area contributed by atoms with Crippen molar-refractivity contribution >= 4 is 130 Å². The quantitative estimate of drug-likeness (QED) is 0.0199. The fraction of sp³-hybridized carbons (Fsp3) is 0.680. The van der Waals surface area contributed by atoms with Gasteiger partial charge < -0.3 is 90.0 Å². The number of aromatic nitrogens is 16. The van der Waals surface area contributed by atoms with E-state index in [2.05, 4.69) is 190 Å². The third-order valence-electron chi connectivity index (χ3n) is 32.6. The topological polar surface area (TPSA) is 601 Å². The molecule has 3 saturated heterocycles. The van der Waals surface area contributed by atoms with Crippen LogP contribution in [0.25, 0.3) is 0 Å². The van der Waals surface area contributed by atoms with E-state index < -0.39 is 29.5 Å². The van der Waals surface area contributed by atoms with Gasteiger partial charge in [0.15, 0.2) is 33.1 Å². The first-order valence-electron chi connectivity index (χ1n) is 55.6. The largest absolute Gasteiger partial charge is 0.351 e. The summed E-state index contributed by atoms with van der Waals surface area (Å²) in [7, 11) is -9.04. The van der Waals surface area contributed by atoms with E-state index in [4.69, 9.17) is 0 Å². The van der Waals surface area contributed by atoms with Crippen LogP contribution in [0.2, 0.25) is 0 Å². The zero-order valence-electron chi connectivity index (χ0n) is 86.4. The highest BCUT2D eigenvalue weighted by atomic mass is 32.2. The zero-order chi connectivity index (χ0) is 104. The lowest BCUT2D eigenvalue weighted by atomic mass is 9.90. The van der Waals surface area contributed by atoms with Crippen LogP contribution in [0.5, 0.6) is 0 Å². The van der Waals surface area contributed by atoms with Crippen molar-refractivity contribution in [1.82, 2.24) is 128 Å². The predicted octanol–water partition coefficient (Wildman–Crippen LogP) is 14.9. The van der Waals surface area contributed by atoms with Gasteiger partial charge in [0, 0.05) is 193 Å². The Morgan fingerprint density at radius 2 is 0.607 bits per heavy atom. The third-order valence-corrected chi connectivity index (χ3v) is 37.8. The van der Waals surface area contributed by atoms with Gasteiger partial charge in [-0.2, -0.15) is 40.3 Å². The lowest BCUT2D eigenvalue weighted by molar-refractivity contribution is -0.130. The maximum Gasteiger partial charge on any atom is 0.315 e.